The number of methoxy groups -OCH3 is 1. The molecule has 142 valence electrons. The first-order chi connectivity index (χ1) is 13.0. The Morgan fingerprint density at radius 2 is 2.15 bits per heavy atom. The van der Waals surface area contributed by atoms with E-state index in [0.29, 0.717) is 18.0 Å². The van der Waals surface area contributed by atoms with E-state index in [1.807, 2.05) is 24.0 Å². The van der Waals surface area contributed by atoms with Gasteiger partial charge >= 0.3 is 0 Å². The van der Waals surface area contributed by atoms with Crippen molar-refractivity contribution >= 4 is 23.1 Å². The topological polar surface area (TPSA) is 110 Å². The highest BCUT2D eigenvalue weighted by Crippen LogP contribution is 2.30. The number of nitro benzene ring substituents is 1. The molecule has 1 N–H and O–H groups in total. The molecule has 1 aliphatic heterocycles. The average molecular weight is 371 g/mol. The highest BCUT2D eigenvalue weighted by atomic mass is 16.6. The van der Waals surface area contributed by atoms with E-state index in [-0.39, 0.29) is 17.5 Å². The van der Waals surface area contributed by atoms with Crippen LogP contribution in [-0.2, 0) is 4.79 Å². The van der Waals surface area contributed by atoms with Crippen molar-refractivity contribution in [3.8, 4) is 5.75 Å². The minimum Gasteiger partial charge on any atom is -0.495 e. The van der Waals surface area contributed by atoms with Crippen molar-refractivity contribution < 1.29 is 14.5 Å². The Labute approximate surface area is 156 Å². The zero-order valence-corrected chi connectivity index (χ0v) is 15.2. The number of piperidine rings is 1. The van der Waals surface area contributed by atoms with Crippen LogP contribution < -0.4 is 15.0 Å². The van der Waals surface area contributed by atoms with E-state index in [0.717, 1.165) is 30.9 Å². The number of nitrogens with zero attached hydrogens (tertiary/aromatic N) is 4. The van der Waals surface area contributed by atoms with E-state index in [9.17, 15) is 14.9 Å². The van der Waals surface area contributed by atoms with Gasteiger partial charge in [-0.05, 0) is 38.0 Å². The molecule has 0 bridgehead atoms. The molecule has 0 saturated carbocycles. The molecule has 1 saturated heterocycles. The van der Waals surface area contributed by atoms with Gasteiger partial charge in [0.2, 0.25) is 5.91 Å². The third kappa shape index (κ3) is 4.30. The van der Waals surface area contributed by atoms with Crippen molar-refractivity contribution in [1.29, 1.82) is 0 Å². The number of amides is 1. The summed E-state index contributed by atoms with van der Waals surface area (Å²) < 4.78 is 5.20. The summed E-state index contributed by atoms with van der Waals surface area (Å²) in [6.07, 6.45) is 1.58. The lowest BCUT2D eigenvalue weighted by molar-refractivity contribution is -0.384. The van der Waals surface area contributed by atoms with E-state index in [1.165, 1.54) is 25.3 Å². The highest BCUT2D eigenvalue weighted by molar-refractivity contribution is 5.94. The number of rotatable bonds is 5. The van der Waals surface area contributed by atoms with Gasteiger partial charge in [0.15, 0.2) is 5.82 Å². The van der Waals surface area contributed by atoms with Crippen molar-refractivity contribution in [2.45, 2.75) is 19.8 Å². The summed E-state index contributed by atoms with van der Waals surface area (Å²) >= 11 is 0. The number of aryl methyl sites for hydroxylation is 1. The number of aromatic nitrogens is 2. The maximum Gasteiger partial charge on any atom is 0.271 e. The van der Waals surface area contributed by atoms with E-state index < -0.39 is 4.92 Å². The third-order valence-corrected chi connectivity index (χ3v) is 4.55. The van der Waals surface area contributed by atoms with Gasteiger partial charge in [0.05, 0.1) is 29.3 Å². The SMILES string of the molecule is COc1ccc([N+](=O)[O-])cc1NC(=O)C1CCCN(c2ccc(C)nn2)C1. The largest absolute Gasteiger partial charge is 0.495 e. The number of anilines is 2. The highest BCUT2D eigenvalue weighted by Gasteiger charge is 2.27. The Kier molecular flexibility index (Phi) is 5.49. The molecular weight excluding hydrogens is 350 g/mol. The van der Waals surface area contributed by atoms with E-state index >= 15 is 0 Å². The number of carbonyl (C=O) groups is 1. The van der Waals surface area contributed by atoms with Gasteiger partial charge < -0.3 is 15.0 Å². The minimum atomic E-state index is -0.506. The molecule has 1 amide bonds. The smallest absolute Gasteiger partial charge is 0.271 e. The molecule has 27 heavy (non-hydrogen) atoms. The standard InChI is InChI=1S/C18H21N5O4/c1-12-5-8-17(21-20-12)22-9-3-4-13(11-22)18(24)19-15-10-14(23(25)26)6-7-16(15)27-2/h5-8,10,13H,3-4,9,11H2,1-2H3,(H,19,24). The van der Waals surface area contributed by atoms with Crippen molar-refractivity contribution in [2.24, 2.45) is 5.92 Å². The first-order valence-electron chi connectivity index (χ1n) is 8.66. The van der Waals surface area contributed by atoms with Crippen LogP contribution in [0.5, 0.6) is 5.75 Å². The molecule has 0 radical (unpaired) electrons. The van der Waals surface area contributed by atoms with Gasteiger partial charge in [-0.25, -0.2) is 0 Å². The van der Waals surface area contributed by atoms with Crippen LogP contribution in [0.25, 0.3) is 0 Å². The molecule has 1 aromatic carbocycles. The summed E-state index contributed by atoms with van der Waals surface area (Å²) in [6.45, 7) is 3.19. The number of ether oxygens (including phenoxy) is 1. The van der Waals surface area contributed by atoms with Gasteiger partial charge in [0.1, 0.15) is 5.75 Å². The number of non-ortho nitro benzene ring substituents is 1. The molecule has 1 fully saturated rings. The Bertz CT molecular complexity index is 840. The molecule has 0 spiro atoms. The predicted octanol–water partition coefficient (Wildman–Crippen LogP) is 2.56. The molecule has 0 aliphatic carbocycles. The van der Waals surface area contributed by atoms with Crippen LogP contribution in [0.2, 0.25) is 0 Å². The summed E-state index contributed by atoms with van der Waals surface area (Å²) in [6, 6.07) is 7.91. The summed E-state index contributed by atoms with van der Waals surface area (Å²) in [5, 5.41) is 22.0. The van der Waals surface area contributed by atoms with Gasteiger partial charge in [-0.1, -0.05) is 0 Å². The molecule has 9 heteroatoms. The number of hydrogen-bond acceptors (Lipinski definition) is 7. The second kappa shape index (κ2) is 7.98. The summed E-state index contributed by atoms with van der Waals surface area (Å²) in [7, 11) is 1.45. The maximum atomic E-state index is 12.7. The predicted molar refractivity (Wildman–Crippen MR) is 100.0 cm³/mol. The molecule has 1 aliphatic rings. The minimum absolute atomic E-state index is 0.105. The molecular formula is C18H21N5O4. The molecule has 1 aromatic heterocycles. The fourth-order valence-corrected chi connectivity index (χ4v) is 3.10. The van der Waals surface area contributed by atoms with Crippen LogP contribution in [0, 0.1) is 23.0 Å². The Morgan fingerprint density at radius 3 is 2.81 bits per heavy atom. The van der Waals surface area contributed by atoms with Crippen LogP contribution >= 0.6 is 0 Å². The van der Waals surface area contributed by atoms with E-state index in [2.05, 4.69) is 15.5 Å². The number of hydrogen-bond donors (Lipinski definition) is 1. The maximum absolute atomic E-state index is 12.7. The monoisotopic (exact) mass is 371 g/mol. The third-order valence-electron chi connectivity index (χ3n) is 4.55. The van der Waals surface area contributed by atoms with Crippen molar-refractivity contribution in [1.82, 2.24) is 10.2 Å². The fourth-order valence-electron chi connectivity index (χ4n) is 3.10. The molecule has 2 heterocycles. The molecule has 1 unspecified atom stereocenters. The molecule has 1 atom stereocenters. The zero-order valence-electron chi connectivity index (χ0n) is 15.2. The van der Waals surface area contributed by atoms with Gasteiger partial charge in [-0.2, -0.15) is 5.10 Å². The fraction of sp³-hybridized carbons (Fsp3) is 0.389. The number of carbonyl (C=O) groups excluding carboxylic acids is 1. The van der Waals surface area contributed by atoms with Crippen LogP contribution in [0.3, 0.4) is 0 Å². The van der Waals surface area contributed by atoms with Crippen molar-refractivity contribution in [3.05, 3.63) is 46.1 Å². The molecule has 9 nitrogen and oxygen atoms in total. The average Bonchev–Trinajstić information content (AvgIpc) is 2.68. The number of benzene rings is 1. The lowest BCUT2D eigenvalue weighted by atomic mass is 9.97. The summed E-state index contributed by atoms with van der Waals surface area (Å²) in [5.41, 5.74) is 1.03. The Morgan fingerprint density at radius 1 is 1.33 bits per heavy atom. The first-order valence-corrected chi connectivity index (χ1v) is 8.66. The van der Waals surface area contributed by atoms with E-state index in [4.69, 9.17) is 4.74 Å². The zero-order chi connectivity index (χ0) is 19.4. The van der Waals surface area contributed by atoms with Gasteiger partial charge in [0, 0.05) is 25.2 Å². The lowest BCUT2D eigenvalue weighted by Gasteiger charge is -2.32. The number of nitrogens with one attached hydrogen (secondary N) is 1. The van der Waals surface area contributed by atoms with Gasteiger partial charge in [0.25, 0.3) is 5.69 Å². The van der Waals surface area contributed by atoms with Crippen molar-refractivity contribution in [3.63, 3.8) is 0 Å². The summed E-state index contributed by atoms with van der Waals surface area (Å²) in [5.74, 6) is 0.668. The Balaban J connectivity index is 1.73. The van der Waals surface area contributed by atoms with Crippen LogP contribution in [0.1, 0.15) is 18.5 Å². The van der Waals surface area contributed by atoms with Crippen LogP contribution in [-0.4, -0.2) is 41.2 Å². The second-order valence-electron chi connectivity index (χ2n) is 6.45. The van der Waals surface area contributed by atoms with E-state index in [1.54, 1.807) is 0 Å². The van der Waals surface area contributed by atoms with Crippen LogP contribution in [0.4, 0.5) is 17.2 Å². The normalized spacial score (nSPS) is 16.7. The second-order valence-corrected chi connectivity index (χ2v) is 6.45. The summed E-state index contributed by atoms with van der Waals surface area (Å²) in [4.78, 5) is 25.3. The van der Waals surface area contributed by atoms with Crippen LogP contribution in [0.15, 0.2) is 30.3 Å². The van der Waals surface area contributed by atoms with Gasteiger partial charge in [-0.3, -0.25) is 14.9 Å². The first kappa shape index (κ1) is 18.6. The quantitative estimate of drug-likeness (QED) is 0.635. The Hall–Kier alpha value is -3.23. The molecule has 3 rings (SSSR count). The number of nitro groups is 1. The van der Waals surface area contributed by atoms with Gasteiger partial charge in [-0.15, -0.1) is 5.10 Å². The van der Waals surface area contributed by atoms with Crippen molar-refractivity contribution in [2.75, 3.05) is 30.4 Å². The molecule has 2 aromatic rings. The lowest BCUT2D eigenvalue weighted by Crippen LogP contribution is -2.41.